The third-order valence-corrected chi connectivity index (χ3v) is 4.82. The zero-order valence-electron chi connectivity index (χ0n) is 14.4. The summed E-state index contributed by atoms with van der Waals surface area (Å²) < 4.78 is 5.10. The lowest BCUT2D eigenvalue weighted by atomic mass is 9.91. The van der Waals surface area contributed by atoms with Crippen LogP contribution in [0.4, 0.5) is 0 Å². The third-order valence-electron chi connectivity index (χ3n) is 4.51. The molecule has 1 unspecified atom stereocenters. The van der Waals surface area contributed by atoms with Crippen LogP contribution in [0.1, 0.15) is 17.9 Å². The summed E-state index contributed by atoms with van der Waals surface area (Å²) in [5.41, 5.74) is 4.49. The summed E-state index contributed by atoms with van der Waals surface area (Å²) in [6, 6.07) is 12.2. The van der Waals surface area contributed by atoms with Gasteiger partial charge in [0.15, 0.2) is 6.61 Å². The van der Waals surface area contributed by atoms with Crippen molar-refractivity contribution in [3.05, 3.63) is 71.3 Å². The quantitative estimate of drug-likeness (QED) is 0.657. The summed E-state index contributed by atoms with van der Waals surface area (Å²) in [5, 5.41) is 9.29. The van der Waals surface area contributed by atoms with Gasteiger partial charge in [-0.05, 0) is 29.7 Å². The Balaban J connectivity index is 1.62. The van der Waals surface area contributed by atoms with Gasteiger partial charge in [-0.1, -0.05) is 60.2 Å². The molecule has 3 aromatic rings. The maximum absolute atomic E-state index is 10.6. The van der Waals surface area contributed by atoms with E-state index in [1.807, 2.05) is 6.07 Å². The predicted octanol–water partition coefficient (Wildman–Crippen LogP) is 4.95. The summed E-state index contributed by atoms with van der Waals surface area (Å²) in [7, 11) is 0. The van der Waals surface area contributed by atoms with Crippen LogP contribution in [0.5, 0.6) is 6.01 Å². The number of aromatic amines is 1. The number of carboxylic acids is 1. The van der Waals surface area contributed by atoms with Gasteiger partial charge in [-0.2, -0.15) is 4.98 Å². The first kappa shape index (κ1) is 17.4. The fourth-order valence-corrected chi connectivity index (χ4v) is 3.44. The van der Waals surface area contributed by atoms with E-state index in [0.29, 0.717) is 22.0 Å². The monoisotopic (exact) mass is 380 g/mol. The number of nitrogens with zero attached hydrogens (tertiary/aromatic N) is 1. The van der Waals surface area contributed by atoms with Crippen molar-refractivity contribution in [3.63, 3.8) is 0 Å². The Bertz CT molecular complexity index is 1050. The number of benzene rings is 2. The van der Waals surface area contributed by atoms with E-state index < -0.39 is 12.6 Å². The van der Waals surface area contributed by atoms with Crippen LogP contribution < -0.4 is 4.74 Å². The van der Waals surface area contributed by atoms with E-state index in [4.69, 9.17) is 21.4 Å². The lowest BCUT2D eigenvalue weighted by molar-refractivity contribution is -0.139. The number of halogens is 1. The number of carbonyl (C=O) groups is 1. The Hall–Kier alpha value is -3.05. The van der Waals surface area contributed by atoms with E-state index in [-0.39, 0.29) is 6.01 Å². The van der Waals surface area contributed by atoms with E-state index in [1.165, 1.54) is 5.56 Å². The zero-order valence-corrected chi connectivity index (χ0v) is 15.1. The number of allylic oxidation sites excluding steroid dienone is 4. The Labute approximate surface area is 161 Å². The van der Waals surface area contributed by atoms with Gasteiger partial charge in [-0.15, -0.1) is 0 Å². The summed E-state index contributed by atoms with van der Waals surface area (Å²) in [5.74, 6) is -0.653. The van der Waals surface area contributed by atoms with Crippen LogP contribution in [-0.4, -0.2) is 27.7 Å². The summed E-state index contributed by atoms with van der Waals surface area (Å²) >= 11 is 6.46. The molecule has 0 saturated carbocycles. The van der Waals surface area contributed by atoms with Crippen molar-refractivity contribution in [3.8, 4) is 17.1 Å². The molecule has 0 bridgehead atoms. The molecule has 1 aromatic heterocycles. The highest BCUT2D eigenvalue weighted by molar-refractivity contribution is 6.34. The molecular formula is C21H17ClN2O3. The number of imidazole rings is 1. The highest BCUT2D eigenvalue weighted by Crippen LogP contribution is 2.34. The maximum Gasteiger partial charge on any atom is 0.341 e. The van der Waals surface area contributed by atoms with E-state index in [2.05, 4.69) is 58.5 Å². The number of fused-ring (bicyclic) bond motifs is 1. The number of hydrogen-bond donors (Lipinski definition) is 2. The van der Waals surface area contributed by atoms with Crippen molar-refractivity contribution in [1.29, 1.82) is 0 Å². The van der Waals surface area contributed by atoms with Crippen LogP contribution >= 0.6 is 11.6 Å². The second kappa shape index (κ2) is 7.29. The molecule has 4 rings (SSSR count). The fourth-order valence-electron chi connectivity index (χ4n) is 3.16. The molecule has 0 saturated heterocycles. The van der Waals surface area contributed by atoms with Gasteiger partial charge in [0, 0.05) is 11.5 Å². The molecule has 2 aromatic carbocycles. The molecule has 0 radical (unpaired) electrons. The highest BCUT2D eigenvalue weighted by atomic mass is 35.5. The molecule has 5 nitrogen and oxygen atoms in total. The molecule has 1 aliphatic rings. The molecule has 1 atom stereocenters. The van der Waals surface area contributed by atoms with Crippen molar-refractivity contribution < 1.29 is 14.6 Å². The summed E-state index contributed by atoms with van der Waals surface area (Å²) in [4.78, 5) is 17.8. The standard InChI is InChI=1S/C21H17ClN2O3/c22-17-11-19-18(23-21(24-19)27-12-20(25)26)10-16(17)15-8-6-14(7-9-15)13-4-2-1-3-5-13/h1-4,6-11,13H,5,12H2,(H,23,24)(H,25,26). The molecular weight excluding hydrogens is 364 g/mol. The first-order valence-corrected chi connectivity index (χ1v) is 8.95. The minimum atomic E-state index is -1.06. The lowest BCUT2D eigenvalue weighted by Crippen LogP contribution is -2.09. The average molecular weight is 381 g/mol. The Morgan fingerprint density at radius 3 is 2.78 bits per heavy atom. The SMILES string of the molecule is O=C(O)COc1nc2cc(-c3ccc(C4C=CC=CC4)cc3)c(Cl)cc2[nH]1. The minimum Gasteiger partial charge on any atom is -0.479 e. The molecule has 0 aliphatic heterocycles. The summed E-state index contributed by atoms with van der Waals surface area (Å²) in [6.45, 7) is -0.452. The lowest BCUT2D eigenvalue weighted by Gasteiger charge is -2.14. The number of aliphatic carboxylic acids is 1. The molecule has 27 heavy (non-hydrogen) atoms. The molecule has 1 heterocycles. The number of H-pyrrole nitrogens is 1. The van der Waals surface area contributed by atoms with Crippen LogP contribution in [0.3, 0.4) is 0 Å². The van der Waals surface area contributed by atoms with Crippen molar-refractivity contribution in [2.45, 2.75) is 12.3 Å². The molecule has 0 amide bonds. The topological polar surface area (TPSA) is 75.2 Å². The smallest absolute Gasteiger partial charge is 0.341 e. The van der Waals surface area contributed by atoms with E-state index in [1.54, 1.807) is 6.07 Å². The molecule has 0 spiro atoms. The summed E-state index contributed by atoms with van der Waals surface area (Å²) in [6.07, 6.45) is 9.53. The van der Waals surface area contributed by atoms with Crippen molar-refractivity contribution in [2.75, 3.05) is 6.61 Å². The number of rotatable bonds is 5. The van der Waals surface area contributed by atoms with E-state index >= 15 is 0 Å². The van der Waals surface area contributed by atoms with Gasteiger partial charge < -0.3 is 14.8 Å². The molecule has 1 aliphatic carbocycles. The Morgan fingerprint density at radius 1 is 1.26 bits per heavy atom. The van der Waals surface area contributed by atoms with Gasteiger partial charge in [-0.25, -0.2) is 4.79 Å². The van der Waals surface area contributed by atoms with Crippen molar-refractivity contribution in [1.82, 2.24) is 9.97 Å². The fraction of sp³-hybridized carbons (Fsp3) is 0.143. The van der Waals surface area contributed by atoms with Gasteiger partial charge in [0.2, 0.25) is 0 Å². The molecule has 136 valence electrons. The normalized spacial score (nSPS) is 16.0. The first-order valence-electron chi connectivity index (χ1n) is 8.57. The number of hydrogen-bond acceptors (Lipinski definition) is 3. The largest absolute Gasteiger partial charge is 0.479 e. The first-order chi connectivity index (χ1) is 13.1. The Kier molecular flexibility index (Phi) is 4.69. The number of aromatic nitrogens is 2. The van der Waals surface area contributed by atoms with Gasteiger partial charge in [-0.3, -0.25) is 0 Å². The maximum atomic E-state index is 10.6. The molecule has 2 N–H and O–H groups in total. The van der Waals surface area contributed by atoms with Gasteiger partial charge in [0.1, 0.15) is 0 Å². The second-order valence-corrected chi connectivity index (χ2v) is 6.76. The predicted molar refractivity (Wildman–Crippen MR) is 105 cm³/mol. The van der Waals surface area contributed by atoms with Crippen LogP contribution in [-0.2, 0) is 4.79 Å². The number of nitrogens with one attached hydrogen (secondary N) is 1. The average Bonchev–Trinajstić information content (AvgIpc) is 3.08. The molecule has 0 fully saturated rings. The van der Waals surface area contributed by atoms with Crippen LogP contribution in [0.2, 0.25) is 5.02 Å². The zero-order chi connectivity index (χ0) is 18.8. The van der Waals surface area contributed by atoms with Gasteiger partial charge >= 0.3 is 5.97 Å². The number of ether oxygens (including phenoxy) is 1. The second-order valence-electron chi connectivity index (χ2n) is 6.35. The highest BCUT2D eigenvalue weighted by Gasteiger charge is 2.13. The van der Waals surface area contributed by atoms with E-state index in [9.17, 15) is 4.79 Å². The minimum absolute atomic E-state index is 0.160. The van der Waals surface area contributed by atoms with Crippen molar-refractivity contribution in [2.24, 2.45) is 0 Å². The molecule has 6 heteroatoms. The van der Waals surface area contributed by atoms with Crippen LogP contribution in [0.15, 0.2) is 60.7 Å². The van der Waals surface area contributed by atoms with Crippen molar-refractivity contribution >= 4 is 28.6 Å². The number of carboxylic acid groups (broad SMARTS) is 1. The van der Waals surface area contributed by atoms with Crippen LogP contribution in [0, 0.1) is 0 Å². The van der Waals surface area contributed by atoms with E-state index in [0.717, 1.165) is 17.5 Å². The van der Waals surface area contributed by atoms with Crippen LogP contribution in [0.25, 0.3) is 22.2 Å². The third kappa shape index (κ3) is 3.73. The van der Waals surface area contributed by atoms with Gasteiger partial charge in [0.05, 0.1) is 16.1 Å². The Morgan fingerprint density at radius 2 is 2.07 bits per heavy atom. The van der Waals surface area contributed by atoms with Gasteiger partial charge in [0.25, 0.3) is 6.01 Å².